The first-order valence-corrected chi connectivity index (χ1v) is 13.8. The van der Waals surface area contributed by atoms with Crippen LogP contribution in [0.25, 0.3) is 0 Å². The van der Waals surface area contributed by atoms with Crippen LogP contribution in [-0.2, 0) is 27.7 Å². The molecule has 2 aliphatic rings. The number of fused-ring (bicyclic) bond motifs is 1. The minimum absolute atomic E-state index is 0.0271. The molecular formula is C24H33N3O3S2. The van der Waals surface area contributed by atoms with Gasteiger partial charge in [0.15, 0.2) is 0 Å². The lowest BCUT2D eigenvalue weighted by Gasteiger charge is -2.31. The molecule has 0 bridgehead atoms. The van der Waals surface area contributed by atoms with Crippen molar-refractivity contribution in [1.29, 1.82) is 0 Å². The summed E-state index contributed by atoms with van der Waals surface area (Å²) in [4.78, 5) is 16.5. The molecule has 2 heterocycles. The Bertz CT molecular complexity index is 1030. The van der Waals surface area contributed by atoms with E-state index < -0.39 is 10.0 Å². The standard InChI is InChI=1S/C24H33N3O3S2/c1-26(2)22(23-8-5-15-31-23)17-25-24(28)19-11-13-27(14-12-19)32(29,30)21-10-9-18-6-3-4-7-20(18)16-21/h5,8-10,15-16,19,22H,3-4,6-7,11-14,17H2,1-2H3,(H,25,28). The molecule has 1 aromatic heterocycles. The molecule has 1 atom stereocenters. The Morgan fingerprint density at radius 2 is 1.88 bits per heavy atom. The summed E-state index contributed by atoms with van der Waals surface area (Å²) < 4.78 is 27.9. The fourth-order valence-corrected chi connectivity index (χ4v) is 7.18. The monoisotopic (exact) mass is 475 g/mol. The van der Waals surface area contributed by atoms with E-state index >= 15 is 0 Å². The van der Waals surface area contributed by atoms with Crippen molar-refractivity contribution in [2.24, 2.45) is 5.92 Å². The number of piperidine rings is 1. The number of nitrogens with one attached hydrogen (secondary N) is 1. The lowest BCUT2D eigenvalue weighted by molar-refractivity contribution is -0.126. The van der Waals surface area contributed by atoms with E-state index in [1.54, 1.807) is 21.7 Å². The lowest BCUT2D eigenvalue weighted by atomic mass is 9.92. The predicted octanol–water partition coefficient (Wildman–Crippen LogP) is 3.45. The second-order valence-corrected chi connectivity index (χ2v) is 12.0. The smallest absolute Gasteiger partial charge is 0.243 e. The number of carbonyl (C=O) groups excluding carboxylic acids is 1. The van der Waals surface area contributed by atoms with Gasteiger partial charge in [0.2, 0.25) is 15.9 Å². The summed E-state index contributed by atoms with van der Waals surface area (Å²) in [6.45, 7) is 1.33. The zero-order valence-corrected chi connectivity index (χ0v) is 20.6. The second kappa shape index (κ2) is 10.0. The number of nitrogens with zero attached hydrogens (tertiary/aromatic N) is 2. The predicted molar refractivity (Wildman–Crippen MR) is 128 cm³/mol. The molecule has 1 unspecified atom stereocenters. The number of hydrogen-bond acceptors (Lipinski definition) is 5. The third-order valence-corrected chi connectivity index (χ3v) is 9.62. The minimum Gasteiger partial charge on any atom is -0.354 e. The molecule has 4 rings (SSSR count). The highest BCUT2D eigenvalue weighted by Crippen LogP contribution is 2.28. The summed E-state index contributed by atoms with van der Waals surface area (Å²) in [5, 5.41) is 5.15. The second-order valence-electron chi connectivity index (χ2n) is 9.06. The van der Waals surface area contributed by atoms with Crippen molar-refractivity contribution in [3.8, 4) is 0 Å². The molecule has 2 aromatic rings. The van der Waals surface area contributed by atoms with Crippen molar-refractivity contribution in [2.45, 2.75) is 49.5 Å². The van der Waals surface area contributed by atoms with Crippen LogP contribution in [0, 0.1) is 5.92 Å². The van der Waals surface area contributed by atoms with Gasteiger partial charge in [-0.1, -0.05) is 12.1 Å². The minimum atomic E-state index is -3.51. The third-order valence-electron chi connectivity index (χ3n) is 6.75. The quantitative estimate of drug-likeness (QED) is 0.666. The van der Waals surface area contributed by atoms with E-state index in [9.17, 15) is 13.2 Å². The van der Waals surface area contributed by atoms with Crippen LogP contribution >= 0.6 is 11.3 Å². The molecule has 1 saturated heterocycles. The number of amides is 1. The van der Waals surface area contributed by atoms with Crippen molar-refractivity contribution in [3.63, 3.8) is 0 Å². The summed E-state index contributed by atoms with van der Waals surface area (Å²) in [5.74, 6) is -0.115. The van der Waals surface area contributed by atoms with Crippen LogP contribution in [-0.4, -0.2) is 57.3 Å². The molecule has 32 heavy (non-hydrogen) atoms. The highest BCUT2D eigenvalue weighted by molar-refractivity contribution is 7.89. The van der Waals surface area contributed by atoms with E-state index in [4.69, 9.17) is 0 Å². The van der Waals surface area contributed by atoms with Gasteiger partial charge in [0, 0.05) is 30.4 Å². The number of carbonyl (C=O) groups is 1. The first-order valence-electron chi connectivity index (χ1n) is 11.5. The topological polar surface area (TPSA) is 69.7 Å². The van der Waals surface area contributed by atoms with Crippen LogP contribution < -0.4 is 5.32 Å². The number of likely N-dealkylation sites (N-methyl/N-ethyl adjacent to an activating group) is 1. The maximum absolute atomic E-state index is 13.2. The number of thiophene rings is 1. The number of aryl methyl sites for hydroxylation is 2. The lowest BCUT2D eigenvalue weighted by Crippen LogP contribution is -2.44. The van der Waals surface area contributed by atoms with E-state index in [2.05, 4.69) is 16.3 Å². The molecule has 1 aliphatic heterocycles. The molecule has 174 valence electrons. The van der Waals surface area contributed by atoms with Gasteiger partial charge in [-0.05, 0) is 87.3 Å². The maximum atomic E-state index is 13.2. The molecule has 6 nitrogen and oxygen atoms in total. The van der Waals surface area contributed by atoms with Gasteiger partial charge in [-0.3, -0.25) is 4.79 Å². The molecular weight excluding hydrogens is 442 g/mol. The van der Waals surface area contributed by atoms with Crippen molar-refractivity contribution < 1.29 is 13.2 Å². The molecule has 1 fully saturated rings. The summed E-state index contributed by atoms with van der Waals surface area (Å²) in [5.41, 5.74) is 2.46. The van der Waals surface area contributed by atoms with Crippen molar-refractivity contribution >= 4 is 27.3 Å². The van der Waals surface area contributed by atoms with E-state index in [0.29, 0.717) is 37.4 Å². The Morgan fingerprint density at radius 1 is 1.16 bits per heavy atom. The molecule has 1 amide bonds. The van der Waals surface area contributed by atoms with Gasteiger partial charge in [0.05, 0.1) is 10.9 Å². The highest BCUT2D eigenvalue weighted by Gasteiger charge is 2.32. The Hall–Kier alpha value is -1.74. The summed E-state index contributed by atoms with van der Waals surface area (Å²) >= 11 is 1.69. The van der Waals surface area contributed by atoms with Crippen LogP contribution in [0.2, 0.25) is 0 Å². The molecule has 1 N–H and O–H groups in total. The zero-order valence-electron chi connectivity index (χ0n) is 18.9. The number of sulfonamides is 1. The van der Waals surface area contributed by atoms with Crippen molar-refractivity contribution in [3.05, 3.63) is 51.7 Å². The molecule has 0 radical (unpaired) electrons. The molecule has 1 aromatic carbocycles. The molecule has 0 spiro atoms. The average Bonchev–Trinajstić information content (AvgIpc) is 3.33. The SMILES string of the molecule is CN(C)C(CNC(=O)C1CCN(S(=O)(=O)c2ccc3c(c2)CCCC3)CC1)c1cccs1. The summed E-state index contributed by atoms with van der Waals surface area (Å²) in [6, 6.07) is 9.86. The number of hydrogen-bond donors (Lipinski definition) is 1. The van der Waals surface area contributed by atoms with E-state index in [1.807, 2.05) is 37.7 Å². The van der Waals surface area contributed by atoms with Gasteiger partial charge in [-0.15, -0.1) is 11.3 Å². The largest absolute Gasteiger partial charge is 0.354 e. The van der Waals surface area contributed by atoms with Gasteiger partial charge < -0.3 is 10.2 Å². The van der Waals surface area contributed by atoms with Crippen LogP contribution in [0.5, 0.6) is 0 Å². The highest BCUT2D eigenvalue weighted by atomic mass is 32.2. The first kappa shape index (κ1) is 23.4. The molecule has 8 heteroatoms. The normalized spacial score (nSPS) is 19.0. The molecule has 0 saturated carbocycles. The number of rotatable bonds is 7. The van der Waals surface area contributed by atoms with Gasteiger partial charge in [-0.25, -0.2) is 8.42 Å². The van der Waals surface area contributed by atoms with Crippen LogP contribution in [0.15, 0.2) is 40.6 Å². The van der Waals surface area contributed by atoms with E-state index in [1.165, 1.54) is 22.4 Å². The Kier molecular flexibility index (Phi) is 7.34. The summed E-state index contributed by atoms with van der Waals surface area (Å²) in [7, 11) is 0.514. The van der Waals surface area contributed by atoms with Crippen molar-refractivity contribution in [2.75, 3.05) is 33.7 Å². The molecule has 1 aliphatic carbocycles. The zero-order chi connectivity index (χ0) is 22.7. The fraction of sp³-hybridized carbons (Fsp3) is 0.542. The van der Waals surface area contributed by atoms with Crippen LogP contribution in [0.4, 0.5) is 0 Å². The van der Waals surface area contributed by atoms with Gasteiger partial charge in [0.25, 0.3) is 0 Å². The van der Waals surface area contributed by atoms with Gasteiger partial charge in [-0.2, -0.15) is 4.31 Å². The van der Waals surface area contributed by atoms with E-state index in [-0.39, 0.29) is 17.9 Å². The van der Waals surface area contributed by atoms with E-state index in [0.717, 1.165) is 19.3 Å². The van der Waals surface area contributed by atoms with Crippen molar-refractivity contribution in [1.82, 2.24) is 14.5 Å². The van der Waals surface area contributed by atoms with Crippen LogP contribution in [0.3, 0.4) is 0 Å². The Balaban J connectivity index is 1.33. The first-order chi connectivity index (χ1) is 15.4. The summed E-state index contributed by atoms with van der Waals surface area (Å²) in [6.07, 6.45) is 5.41. The average molecular weight is 476 g/mol. The van der Waals surface area contributed by atoms with Crippen LogP contribution in [0.1, 0.15) is 47.7 Å². The number of benzene rings is 1. The maximum Gasteiger partial charge on any atom is 0.243 e. The fourth-order valence-electron chi connectivity index (χ4n) is 4.74. The third kappa shape index (κ3) is 5.09. The Labute approximate surface area is 195 Å². The van der Waals surface area contributed by atoms with Gasteiger partial charge in [0.1, 0.15) is 0 Å². The Morgan fingerprint density at radius 3 is 2.53 bits per heavy atom. The van der Waals surface area contributed by atoms with Gasteiger partial charge >= 0.3 is 0 Å².